The molecule has 0 spiro atoms. The molecule has 0 aliphatic carbocycles. The summed E-state index contributed by atoms with van der Waals surface area (Å²) >= 11 is 0. The monoisotopic (exact) mass is 246 g/mol. The van der Waals surface area contributed by atoms with E-state index in [4.69, 9.17) is 16.7 Å². The van der Waals surface area contributed by atoms with Crippen molar-refractivity contribution in [3.05, 3.63) is 17.3 Å². The Kier molecular flexibility index (Phi) is 3.75. The Balaban J connectivity index is 3.23. The lowest BCUT2D eigenvalue weighted by Gasteiger charge is -2.13. The van der Waals surface area contributed by atoms with E-state index in [-0.39, 0.29) is 29.9 Å². The largest absolute Gasteiger partial charge is 0.574 e. The van der Waals surface area contributed by atoms with Gasteiger partial charge in [0.25, 0.3) is 0 Å². The lowest BCUT2D eigenvalue weighted by Crippen LogP contribution is -2.20. The molecule has 0 unspecified atom stereocenters. The molecule has 0 saturated carbocycles. The molecule has 8 heteroatoms. The van der Waals surface area contributed by atoms with E-state index in [1.807, 2.05) is 0 Å². The van der Waals surface area contributed by atoms with E-state index in [0.717, 1.165) is 0 Å². The highest BCUT2D eigenvalue weighted by Crippen LogP contribution is 2.29. The first-order valence-electron chi connectivity index (χ1n) is 4.48. The summed E-state index contributed by atoms with van der Waals surface area (Å²) in [6, 6.07) is 3.01. The van der Waals surface area contributed by atoms with Gasteiger partial charge >= 0.3 is 6.36 Å². The van der Waals surface area contributed by atoms with Crippen LogP contribution in [0, 0.1) is 11.3 Å². The number of hydrogen-bond acceptors (Lipinski definition) is 5. The van der Waals surface area contributed by atoms with Crippen molar-refractivity contribution in [2.24, 2.45) is 5.73 Å². The van der Waals surface area contributed by atoms with Crippen molar-refractivity contribution in [3.63, 3.8) is 0 Å². The van der Waals surface area contributed by atoms with Crippen molar-refractivity contribution >= 4 is 5.69 Å². The Hall–Kier alpha value is -2.01. The van der Waals surface area contributed by atoms with Crippen LogP contribution in [-0.4, -0.2) is 11.3 Å². The third kappa shape index (κ3) is 3.49. The summed E-state index contributed by atoms with van der Waals surface area (Å²) in [7, 11) is 0. The molecule has 1 aromatic heterocycles. The van der Waals surface area contributed by atoms with E-state index in [0.29, 0.717) is 0 Å². The fraction of sp³-hybridized carbons (Fsp3) is 0.333. The predicted molar refractivity (Wildman–Crippen MR) is 52.5 cm³/mol. The molecule has 0 bridgehead atoms. The zero-order chi connectivity index (χ0) is 13.1. The standard InChI is InChI=1S/C9H9F3N4O/c10-9(11,12)17-8-6(1-2-13)7(15)3-5(4-14)16-8/h3H,1,4,14H2,(H2,15,16). The van der Waals surface area contributed by atoms with Crippen molar-refractivity contribution < 1.29 is 17.9 Å². The number of aromatic nitrogens is 1. The van der Waals surface area contributed by atoms with Crippen LogP contribution in [-0.2, 0) is 13.0 Å². The second-order valence-electron chi connectivity index (χ2n) is 3.07. The van der Waals surface area contributed by atoms with E-state index in [1.165, 1.54) is 6.07 Å². The van der Waals surface area contributed by atoms with Gasteiger partial charge in [-0.15, -0.1) is 13.2 Å². The number of halogens is 3. The summed E-state index contributed by atoms with van der Waals surface area (Å²) in [5.41, 5.74) is 10.8. The number of alkyl halides is 3. The van der Waals surface area contributed by atoms with E-state index < -0.39 is 12.2 Å². The van der Waals surface area contributed by atoms with Crippen LogP contribution in [0.1, 0.15) is 11.3 Å². The summed E-state index contributed by atoms with van der Waals surface area (Å²) in [6.45, 7) is -0.0781. The van der Waals surface area contributed by atoms with Gasteiger partial charge in [-0.1, -0.05) is 0 Å². The minimum Gasteiger partial charge on any atom is -0.398 e. The third-order valence-corrected chi connectivity index (χ3v) is 1.85. The minimum atomic E-state index is -4.89. The molecule has 1 heterocycles. The average Bonchev–Trinajstić information content (AvgIpc) is 2.20. The molecule has 0 aliphatic heterocycles. The number of nitrogens with zero attached hydrogens (tertiary/aromatic N) is 2. The van der Waals surface area contributed by atoms with E-state index in [1.54, 1.807) is 6.07 Å². The Morgan fingerprint density at radius 2 is 2.12 bits per heavy atom. The van der Waals surface area contributed by atoms with Crippen molar-refractivity contribution in [3.8, 4) is 11.9 Å². The van der Waals surface area contributed by atoms with Gasteiger partial charge in [-0.2, -0.15) is 5.26 Å². The lowest BCUT2D eigenvalue weighted by atomic mass is 10.1. The maximum Gasteiger partial charge on any atom is 0.574 e. The van der Waals surface area contributed by atoms with Crippen LogP contribution in [0.15, 0.2) is 6.07 Å². The van der Waals surface area contributed by atoms with Crippen LogP contribution in [0.3, 0.4) is 0 Å². The number of anilines is 1. The summed E-state index contributed by atoms with van der Waals surface area (Å²) in [6.07, 6.45) is -5.22. The molecular weight excluding hydrogens is 237 g/mol. The molecule has 1 aromatic rings. The topological polar surface area (TPSA) is 98.0 Å². The second kappa shape index (κ2) is 4.88. The number of pyridine rings is 1. The SMILES string of the molecule is N#CCc1c(N)cc(CN)nc1OC(F)(F)F. The summed E-state index contributed by atoms with van der Waals surface area (Å²) in [5.74, 6) is -0.723. The molecule has 5 nitrogen and oxygen atoms in total. The van der Waals surface area contributed by atoms with Gasteiger partial charge in [0.15, 0.2) is 0 Å². The molecular formula is C9H9F3N4O. The highest BCUT2D eigenvalue weighted by Gasteiger charge is 2.33. The first kappa shape index (κ1) is 13.1. The van der Waals surface area contributed by atoms with Crippen molar-refractivity contribution in [2.45, 2.75) is 19.3 Å². The van der Waals surface area contributed by atoms with Crippen LogP contribution < -0.4 is 16.2 Å². The number of hydrogen-bond donors (Lipinski definition) is 2. The van der Waals surface area contributed by atoms with Crippen molar-refractivity contribution in [1.82, 2.24) is 4.98 Å². The van der Waals surface area contributed by atoms with Gasteiger partial charge < -0.3 is 16.2 Å². The van der Waals surface area contributed by atoms with E-state index >= 15 is 0 Å². The highest BCUT2D eigenvalue weighted by atomic mass is 19.4. The van der Waals surface area contributed by atoms with Gasteiger partial charge in [0.2, 0.25) is 5.88 Å². The Labute approximate surface area is 94.8 Å². The first-order chi connectivity index (χ1) is 7.87. The van der Waals surface area contributed by atoms with Crippen LogP contribution in [0.4, 0.5) is 18.9 Å². The maximum atomic E-state index is 12.1. The molecule has 0 aliphatic rings. The van der Waals surface area contributed by atoms with E-state index in [2.05, 4.69) is 9.72 Å². The van der Waals surface area contributed by atoms with Gasteiger partial charge in [0.1, 0.15) is 0 Å². The van der Waals surface area contributed by atoms with Crippen molar-refractivity contribution in [1.29, 1.82) is 5.26 Å². The minimum absolute atomic E-state index is 0.00116. The van der Waals surface area contributed by atoms with Crippen LogP contribution in [0.25, 0.3) is 0 Å². The highest BCUT2D eigenvalue weighted by molar-refractivity contribution is 5.53. The fourth-order valence-corrected chi connectivity index (χ4v) is 1.18. The smallest absolute Gasteiger partial charge is 0.398 e. The lowest BCUT2D eigenvalue weighted by molar-refractivity contribution is -0.276. The molecule has 0 saturated heterocycles. The van der Waals surface area contributed by atoms with Crippen LogP contribution >= 0.6 is 0 Å². The Morgan fingerprint density at radius 1 is 1.47 bits per heavy atom. The quantitative estimate of drug-likeness (QED) is 0.831. The number of ether oxygens (including phenoxy) is 1. The number of rotatable bonds is 3. The molecule has 0 aromatic carbocycles. The number of nitrogens with two attached hydrogens (primary N) is 2. The Bertz CT molecular complexity index is 453. The van der Waals surface area contributed by atoms with Gasteiger partial charge in [-0.3, -0.25) is 0 Å². The fourth-order valence-electron chi connectivity index (χ4n) is 1.18. The maximum absolute atomic E-state index is 12.1. The molecule has 0 amide bonds. The zero-order valence-electron chi connectivity index (χ0n) is 8.58. The molecule has 0 fully saturated rings. The zero-order valence-corrected chi connectivity index (χ0v) is 8.58. The number of nitrogen functional groups attached to an aromatic ring is 1. The molecule has 0 atom stereocenters. The summed E-state index contributed by atoms with van der Waals surface area (Å²) in [4.78, 5) is 3.56. The predicted octanol–water partition coefficient (Wildman–Crippen LogP) is 1.09. The molecule has 17 heavy (non-hydrogen) atoms. The van der Waals surface area contributed by atoms with Crippen LogP contribution in [0.2, 0.25) is 0 Å². The van der Waals surface area contributed by atoms with Gasteiger partial charge in [-0.05, 0) is 6.07 Å². The molecule has 1 rings (SSSR count). The normalized spacial score (nSPS) is 11.0. The second-order valence-corrected chi connectivity index (χ2v) is 3.07. The first-order valence-corrected chi connectivity index (χ1v) is 4.48. The molecule has 0 radical (unpaired) electrons. The van der Waals surface area contributed by atoms with Gasteiger partial charge in [0.05, 0.1) is 23.7 Å². The number of nitriles is 1. The van der Waals surface area contributed by atoms with Gasteiger partial charge in [-0.25, -0.2) is 4.98 Å². The van der Waals surface area contributed by atoms with Crippen molar-refractivity contribution in [2.75, 3.05) is 5.73 Å². The Morgan fingerprint density at radius 3 is 2.59 bits per heavy atom. The van der Waals surface area contributed by atoms with E-state index in [9.17, 15) is 13.2 Å². The third-order valence-electron chi connectivity index (χ3n) is 1.85. The molecule has 92 valence electrons. The molecule has 4 N–H and O–H groups in total. The summed E-state index contributed by atoms with van der Waals surface area (Å²) in [5, 5.41) is 8.50. The van der Waals surface area contributed by atoms with Gasteiger partial charge in [0, 0.05) is 12.2 Å². The van der Waals surface area contributed by atoms with Crippen LogP contribution in [0.5, 0.6) is 5.88 Å². The average molecular weight is 246 g/mol. The summed E-state index contributed by atoms with van der Waals surface area (Å²) < 4.78 is 40.0.